The number of nitrogens with two attached hydrogens (primary N) is 1. The quantitative estimate of drug-likeness (QED) is 0.0533. The molecule has 320 valence electrons. The molecule has 1 aliphatic rings. The summed E-state index contributed by atoms with van der Waals surface area (Å²) in [6, 6.07) is 1.24. The molecule has 4 rings (SSSR count). The molecule has 0 spiro atoms. The van der Waals surface area contributed by atoms with Crippen LogP contribution in [0.5, 0.6) is 11.5 Å². The number of aliphatic hydroxyl groups is 1. The number of benzene rings is 1. The van der Waals surface area contributed by atoms with E-state index in [-0.39, 0.29) is 52.1 Å². The highest BCUT2D eigenvalue weighted by molar-refractivity contribution is 6.05. The fraction of sp³-hybridized carbons (Fsp3) is 0.500. The highest BCUT2D eigenvalue weighted by atomic mass is 16.6. The van der Waals surface area contributed by atoms with Crippen LogP contribution in [0.15, 0.2) is 57.6 Å². The number of amides is 3. The third-order valence-corrected chi connectivity index (χ3v) is 10.0. The number of primary amides is 1. The third kappa shape index (κ3) is 11.8. The number of imidazole rings is 1. The molecule has 0 fully saturated rings. The second kappa shape index (κ2) is 21.2. The molecule has 3 amide bonds. The number of phenols is 2. The van der Waals surface area contributed by atoms with Crippen molar-refractivity contribution in [1.29, 1.82) is 0 Å². The number of carbonyl (C=O) groups is 3. The molecule has 19 heteroatoms. The summed E-state index contributed by atoms with van der Waals surface area (Å²) in [5, 5.41) is 47.3. The molecule has 3 aromatic rings. The molecule has 1 aliphatic heterocycles. The van der Waals surface area contributed by atoms with Gasteiger partial charge >= 0.3 is 11.8 Å². The standard InChI is InChI=1S/C40H55N9O10/c1-22-17-26-31(42-15-10-8-9-11-16-43-38(54)32-36-46-47-48(5)40(56)49(36)21-44-32)28(50)20-27(34(26)52)45-37(53)23(2)13-12-14-29(57-6)35(59-39(41)55)25(4)19-24(3)33(51)30(18-22)58-7/h12-15,19-22,24,29-30,33,35,50-52H,8-11,16-18H2,1-7H3,(H2,41,55)(H,43,54)(H,45,53)/b14-12+,23-13?,25-19?,42-15?. The summed E-state index contributed by atoms with van der Waals surface area (Å²) in [4.78, 5) is 58.6. The summed E-state index contributed by atoms with van der Waals surface area (Å²) < 4.78 is 18.9. The fourth-order valence-corrected chi connectivity index (χ4v) is 6.76. The van der Waals surface area contributed by atoms with Gasteiger partial charge in [0.25, 0.3) is 11.8 Å². The van der Waals surface area contributed by atoms with Crippen LogP contribution in [0.2, 0.25) is 0 Å². The number of aromatic nitrogens is 5. The van der Waals surface area contributed by atoms with Crippen LogP contribution in [0.1, 0.15) is 75.9 Å². The van der Waals surface area contributed by atoms with Crippen LogP contribution in [0.4, 0.5) is 16.2 Å². The lowest BCUT2D eigenvalue weighted by molar-refractivity contribution is -0.112. The topological polar surface area (TPSA) is 267 Å². The Hall–Kier alpha value is -5.92. The number of hydrogen-bond donors (Lipinski definition) is 6. The lowest BCUT2D eigenvalue weighted by atomic mass is 9.87. The maximum absolute atomic E-state index is 13.3. The predicted octanol–water partition coefficient (Wildman–Crippen LogP) is 3.39. The van der Waals surface area contributed by atoms with E-state index in [4.69, 9.17) is 19.9 Å². The Labute approximate surface area is 341 Å². The zero-order chi connectivity index (χ0) is 43.4. The van der Waals surface area contributed by atoms with E-state index >= 15 is 0 Å². The van der Waals surface area contributed by atoms with E-state index < -0.39 is 53.9 Å². The van der Waals surface area contributed by atoms with Gasteiger partial charge in [-0.2, -0.15) is 4.68 Å². The number of fused-ring (bicyclic) bond motifs is 3. The van der Waals surface area contributed by atoms with Gasteiger partial charge < -0.3 is 45.9 Å². The van der Waals surface area contributed by atoms with E-state index in [1.807, 2.05) is 6.92 Å². The first kappa shape index (κ1) is 45.8. The number of hydrogen-bond acceptors (Lipinski definition) is 14. The number of ether oxygens (including phenoxy) is 3. The molecule has 0 saturated heterocycles. The Kier molecular flexibility index (Phi) is 16.4. The minimum atomic E-state index is -1.01. The molecule has 6 unspecified atom stereocenters. The van der Waals surface area contributed by atoms with Gasteiger partial charge in [0, 0.05) is 57.1 Å². The van der Waals surface area contributed by atoms with Crippen molar-refractivity contribution in [2.75, 3.05) is 26.1 Å². The van der Waals surface area contributed by atoms with E-state index in [2.05, 4.69) is 30.9 Å². The molecule has 0 radical (unpaired) electrons. The number of nitrogens with zero attached hydrogens (tertiary/aromatic N) is 6. The second-order valence-electron chi connectivity index (χ2n) is 14.6. The Bertz CT molecular complexity index is 2160. The number of rotatable bonds is 11. The summed E-state index contributed by atoms with van der Waals surface area (Å²) >= 11 is 0. The summed E-state index contributed by atoms with van der Waals surface area (Å²) in [5.74, 6) is -2.27. The first-order valence-corrected chi connectivity index (χ1v) is 19.3. The van der Waals surface area contributed by atoms with Crippen molar-refractivity contribution in [2.45, 2.75) is 90.6 Å². The number of anilines is 1. The number of aromatic hydroxyl groups is 2. The Morgan fingerprint density at radius 1 is 1.14 bits per heavy atom. The van der Waals surface area contributed by atoms with E-state index in [1.54, 1.807) is 45.2 Å². The normalized spacial score (nSPS) is 22.7. The molecular formula is C40H55N9O10. The number of aliphatic hydroxyl groups excluding tert-OH is 1. The monoisotopic (exact) mass is 821 g/mol. The van der Waals surface area contributed by atoms with Crippen LogP contribution >= 0.6 is 0 Å². The van der Waals surface area contributed by atoms with Crippen LogP contribution < -0.4 is 22.1 Å². The predicted molar refractivity (Wildman–Crippen MR) is 219 cm³/mol. The maximum Gasteiger partial charge on any atom is 0.405 e. The average Bonchev–Trinajstić information content (AvgIpc) is 3.64. The number of carbonyl (C=O) groups excluding carboxylic acids is 3. The van der Waals surface area contributed by atoms with E-state index in [0.29, 0.717) is 43.4 Å². The molecule has 19 nitrogen and oxygen atoms in total. The van der Waals surface area contributed by atoms with Gasteiger partial charge in [0.05, 0.1) is 17.9 Å². The number of aryl methyl sites for hydroxylation is 1. The van der Waals surface area contributed by atoms with Gasteiger partial charge in [0.15, 0.2) is 17.4 Å². The highest BCUT2D eigenvalue weighted by Gasteiger charge is 2.30. The van der Waals surface area contributed by atoms with Crippen molar-refractivity contribution in [3.63, 3.8) is 0 Å². The Balaban J connectivity index is 1.51. The Morgan fingerprint density at radius 3 is 2.58 bits per heavy atom. The fourth-order valence-electron chi connectivity index (χ4n) is 6.76. The van der Waals surface area contributed by atoms with Crippen molar-refractivity contribution in [2.24, 2.45) is 29.6 Å². The summed E-state index contributed by atoms with van der Waals surface area (Å²) in [6.07, 6.45) is 7.98. The molecule has 1 aromatic carbocycles. The van der Waals surface area contributed by atoms with E-state index in [0.717, 1.165) is 15.5 Å². The number of allylic oxidation sites excluding steroid dienone is 2. The van der Waals surface area contributed by atoms with Crippen molar-refractivity contribution in [1.82, 2.24) is 29.7 Å². The third-order valence-electron chi connectivity index (χ3n) is 10.0. The SMILES string of the molecule is COC1/C=C/C=C(C)C(=O)Nc2cc(O)c(N=CCCCCCNC(=O)c3ncn4c(=O)n(C)nnc34)c(c2O)CC(C)CC(OC)C(O)C(C)C=C(C)C1OC(N)=O. The first-order valence-electron chi connectivity index (χ1n) is 19.3. The van der Waals surface area contributed by atoms with Gasteiger partial charge in [-0.3, -0.25) is 14.6 Å². The summed E-state index contributed by atoms with van der Waals surface area (Å²) in [6.45, 7) is 7.36. The maximum atomic E-state index is 13.3. The van der Waals surface area contributed by atoms with Gasteiger partial charge in [-0.1, -0.05) is 49.8 Å². The number of unbranched alkanes of at least 4 members (excludes halogenated alkanes) is 3. The number of aliphatic imine (C=N–C) groups is 1. The number of nitrogens with one attached hydrogen (secondary N) is 2. The molecule has 2 bridgehead atoms. The van der Waals surface area contributed by atoms with Crippen molar-refractivity contribution < 1.29 is 43.9 Å². The van der Waals surface area contributed by atoms with E-state index in [9.17, 15) is 34.5 Å². The first-order chi connectivity index (χ1) is 28.1. The lowest BCUT2D eigenvalue weighted by Gasteiger charge is -2.29. The zero-order valence-electron chi connectivity index (χ0n) is 34.4. The van der Waals surface area contributed by atoms with Gasteiger partial charge in [-0.15, -0.1) is 5.10 Å². The molecule has 3 heterocycles. The molecule has 59 heavy (non-hydrogen) atoms. The van der Waals surface area contributed by atoms with Crippen molar-refractivity contribution in [3.8, 4) is 11.5 Å². The molecule has 0 aliphatic carbocycles. The van der Waals surface area contributed by atoms with E-state index in [1.165, 1.54) is 39.7 Å². The van der Waals surface area contributed by atoms with Crippen LogP contribution in [0, 0.1) is 11.8 Å². The molecule has 6 atom stereocenters. The summed E-state index contributed by atoms with van der Waals surface area (Å²) in [7, 11) is 4.36. The molecule has 0 saturated carbocycles. The second-order valence-corrected chi connectivity index (χ2v) is 14.6. The lowest BCUT2D eigenvalue weighted by Crippen LogP contribution is -2.37. The molecule has 2 aromatic heterocycles. The van der Waals surface area contributed by atoms with Crippen LogP contribution in [-0.2, 0) is 32.5 Å². The van der Waals surface area contributed by atoms with Gasteiger partial charge in [0.2, 0.25) is 0 Å². The number of methoxy groups -OCH3 is 2. The summed E-state index contributed by atoms with van der Waals surface area (Å²) in [5.41, 5.74) is 6.22. The van der Waals surface area contributed by atoms with Crippen molar-refractivity contribution in [3.05, 3.63) is 69.6 Å². The van der Waals surface area contributed by atoms with Gasteiger partial charge in [-0.05, 0) is 57.4 Å². The largest absolute Gasteiger partial charge is 0.506 e. The minimum absolute atomic E-state index is 0.00332. The molecule has 7 N–H and O–H groups in total. The van der Waals surface area contributed by atoms with Crippen molar-refractivity contribution >= 4 is 41.1 Å². The van der Waals surface area contributed by atoms with Crippen LogP contribution in [-0.4, -0.2) is 109 Å². The van der Waals surface area contributed by atoms with Crippen LogP contribution in [0.25, 0.3) is 5.65 Å². The van der Waals surface area contributed by atoms with Gasteiger partial charge in [0.1, 0.15) is 29.6 Å². The zero-order valence-corrected chi connectivity index (χ0v) is 34.4. The molecular weight excluding hydrogens is 766 g/mol. The minimum Gasteiger partial charge on any atom is -0.506 e. The van der Waals surface area contributed by atoms with Gasteiger partial charge in [-0.25, -0.2) is 19.0 Å². The van der Waals surface area contributed by atoms with Crippen LogP contribution in [0.3, 0.4) is 0 Å². The highest BCUT2D eigenvalue weighted by Crippen LogP contribution is 2.44. The smallest absolute Gasteiger partial charge is 0.405 e. The average molecular weight is 822 g/mol. The number of phenolic OH excluding ortho intramolecular Hbond substituents is 2. The Morgan fingerprint density at radius 2 is 1.88 bits per heavy atom.